The highest BCUT2D eigenvalue weighted by Gasteiger charge is 2.31. The Balaban J connectivity index is 2.04. The highest BCUT2D eigenvalue weighted by atomic mass is 32.2. The molecule has 0 bridgehead atoms. The molecule has 1 fully saturated rings. The Morgan fingerprint density at radius 2 is 2.23 bits per heavy atom. The molecule has 2 N–H and O–H groups in total. The Morgan fingerprint density at radius 1 is 1.50 bits per heavy atom. The van der Waals surface area contributed by atoms with E-state index < -0.39 is 0 Å². The molecule has 1 aliphatic rings. The van der Waals surface area contributed by atoms with E-state index >= 15 is 0 Å². The van der Waals surface area contributed by atoms with E-state index in [9.17, 15) is 8.68 Å². The summed E-state index contributed by atoms with van der Waals surface area (Å²) in [5.74, 6) is 0.268. The van der Waals surface area contributed by atoms with Crippen LogP contribution in [0, 0.1) is 0 Å². The maximum absolute atomic E-state index is 13.5. The molecular weight excluding hydrogens is 301 g/mol. The van der Waals surface area contributed by atoms with Gasteiger partial charge in [0.2, 0.25) is 0 Å². The van der Waals surface area contributed by atoms with E-state index in [0.717, 1.165) is 29.5 Å². The molecule has 0 atom stereocenters. The summed E-state index contributed by atoms with van der Waals surface area (Å²) in [5, 5.41) is 4.35. The third-order valence-corrected chi connectivity index (χ3v) is 5.31. The topological polar surface area (TPSA) is 49.8 Å². The maximum atomic E-state index is 13.5. The second-order valence-electron chi connectivity index (χ2n) is 6.76. The number of fused-ring (bicyclic) bond motifs is 1. The average molecular weight is 323 g/mol. The van der Waals surface area contributed by atoms with Gasteiger partial charge in [-0.25, -0.2) is 0 Å². The lowest BCUT2D eigenvalue weighted by atomic mass is 9.78. The molecule has 120 valence electrons. The van der Waals surface area contributed by atoms with E-state index in [1.807, 2.05) is 6.07 Å². The van der Waals surface area contributed by atoms with Crippen LogP contribution in [0.2, 0.25) is 0 Å². The number of halogens is 1. The van der Waals surface area contributed by atoms with Crippen molar-refractivity contribution in [3.8, 4) is 0 Å². The molecule has 2 aromatic heterocycles. The molecular formula is C16H22FN3OS. The molecule has 0 radical (unpaired) electrons. The third-order valence-electron chi connectivity index (χ3n) is 4.76. The molecule has 1 aliphatic carbocycles. The van der Waals surface area contributed by atoms with E-state index in [1.165, 1.54) is 10.4 Å². The van der Waals surface area contributed by atoms with Crippen LogP contribution in [0.5, 0.6) is 0 Å². The molecule has 1 saturated carbocycles. The van der Waals surface area contributed by atoms with E-state index in [0.29, 0.717) is 12.1 Å². The molecule has 2 heterocycles. The van der Waals surface area contributed by atoms with Crippen molar-refractivity contribution in [1.82, 2.24) is 14.3 Å². The Labute approximate surface area is 133 Å². The van der Waals surface area contributed by atoms with Crippen molar-refractivity contribution in [3.05, 3.63) is 33.9 Å². The molecule has 0 aromatic carbocycles. The summed E-state index contributed by atoms with van der Waals surface area (Å²) in [6.45, 7) is 6.90. The summed E-state index contributed by atoms with van der Waals surface area (Å²) in [6.07, 6.45) is 5.27. The number of aromatic amines is 1. The molecule has 3 rings (SSSR count). The van der Waals surface area contributed by atoms with Gasteiger partial charge in [0, 0.05) is 29.4 Å². The molecule has 2 aromatic rings. The van der Waals surface area contributed by atoms with Gasteiger partial charge < -0.3 is 10.3 Å². The minimum absolute atomic E-state index is 0.0990. The first-order valence-corrected chi connectivity index (χ1v) is 8.42. The standard InChI is InChI=1S/C16H22FN3OS/c1-10(2)13-9-18-15(21)14-12(13)7-11(20(14)22-17)8-19-16(3)5-4-6-16/h7,9-10,19H,4-6,8H2,1-3H3,(H,18,21). The van der Waals surface area contributed by atoms with Gasteiger partial charge in [0.1, 0.15) is 5.52 Å². The predicted octanol–water partition coefficient (Wildman–Crippen LogP) is 3.87. The quantitative estimate of drug-likeness (QED) is 0.878. The fraction of sp³-hybridized carbons (Fsp3) is 0.562. The van der Waals surface area contributed by atoms with E-state index in [1.54, 1.807) is 6.20 Å². The Kier molecular flexibility index (Phi) is 4.07. The first-order valence-electron chi connectivity index (χ1n) is 7.75. The number of hydrogen-bond acceptors (Lipinski definition) is 3. The Bertz CT molecular complexity index is 746. The van der Waals surface area contributed by atoms with Crippen LogP contribution in [-0.2, 0) is 6.54 Å². The summed E-state index contributed by atoms with van der Waals surface area (Å²) in [5.41, 5.74) is 2.16. The van der Waals surface area contributed by atoms with Crippen LogP contribution in [0.1, 0.15) is 57.2 Å². The smallest absolute Gasteiger partial charge is 0.273 e. The first-order chi connectivity index (χ1) is 10.4. The van der Waals surface area contributed by atoms with Crippen molar-refractivity contribution in [3.63, 3.8) is 0 Å². The van der Waals surface area contributed by atoms with E-state index in [4.69, 9.17) is 0 Å². The zero-order valence-corrected chi connectivity index (χ0v) is 14.0. The number of hydrogen-bond donors (Lipinski definition) is 2. The fourth-order valence-corrected chi connectivity index (χ4v) is 3.59. The van der Waals surface area contributed by atoms with Gasteiger partial charge >= 0.3 is 0 Å². The first kappa shape index (κ1) is 15.6. The number of rotatable bonds is 5. The lowest BCUT2D eigenvalue weighted by molar-refractivity contribution is 0.206. The lowest BCUT2D eigenvalue weighted by Crippen LogP contribution is -2.47. The van der Waals surface area contributed by atoms with Crippen LogP contribution >= 0.6 is 12.3 Å². The largest absolute Gasteiger partial charge is 0.327 e. The molecule has 0 amide bonds. The second-order valence-corrected chi connectivity index (χ2v) is 7.26. The van der Waals surface area contributed by atoms with Crippen LogP contribution in [0.15, 0.2) is 17.1 Å². The van der Waals surface area contributed by atoms with Crippen LogP contribution in [-0.4, -0.2) is 14.5 Å². The Hall–Kier alpha value is -1.27. The number of H-pyrrole nitrogens is 1. The van der Waals surface area contributed by atoms with Crippen LogP contribution in [0.3, 0.4) is 0 Å². The normalized spacial score (nSPS) is 17.1. The molecule has 0 spiro atoms. The van der Waals surface area contributed by atoms with E-state index in [-0.39, 0.29) is 29.3 Å². The number of nitrogens with one attached hydrogen (secondary N) is 2. The summed E-state index contributed by atoms with van der Waals surface area (Å²) in [6, 6.07) is 1.95. The molecule has 22 heavy (non-hydrogen) atoms. The highest BCUT2D eigenvalue weighted by molar-refractivity contribution is 7.93. The van der Waals surface area contributed by atoms with Crippen LogP contribution in [0.4, 0.5) is 3.89 Å². The minimum atomic E-state index is -0.245. The molecule has 6 heteroatoms. The van der Waals surface area contributed by atoms with Gasteiger partial charge in [0.05, 0.1) is 0 Å². The van der Waals surface area contributed by atoms with Gasteiger partial charge in [-0.05, 0) is 43.7 Å². The van der Waals surface area contributed by atoms with Crippen molar-refractivity contribution >= 4 is 23.2 Å². The van der Waals surface area contributed by atoms with Gasteiger partial charge in [0.15, 0.2) is 12.3 Å². The van der Waals surface area contributed by atoms with Gasteiger partial charge in [-0.15, -0.1) is 3.89 Å². The van der Waals surface area contributed by atoms with Crippen molar-refractivity contribution in [1.29, 1.82) is 0 Å². The monoisotopic (exact) mass is 323 g/mol. The second kappa shape index (κ2) is 5.74. The van der Waals surface area contributed by atoms with Crippen LogP contribution in [0.25, 0.3) is 10.9 Å². The van der Waals surface area contributed by atoms with Gasteiger partial charge in [-0.3, -0.25) is 8.77 Å². The van der Waals surface area contributed by atoms with Crippen molar-refractivity contribution in [2.24, 2.45) is 0 Å². The third kappa shape index (κ3) is 2.58. The summed E-state index contributed by atoms with van der Waals surface area (Å²) < 4.78 is 14.9. The molecule has 4 nitrogen and oxygen atoms in total. The number of nitrogens with zero attached hydrogens (tertiary/aromatic N) is 1. The molecule has 0 unspecified atom stereocenters. The van der Waals surface area contributed by atoms with Crippen molar-refractivity contribution < 1.29 is 3.89 Å². The van der Waals surface area contributed by atoms with Gasteiger partial charge in [-0.2, -0.15) is 0 Å². The zero-order chi connectivity index (χ0) is 15.9. The summed E-state index contributed by atoms with van der Waals surface area (Å²) in [7, 11) is 0. The van der Waals surface area contributed by atoms with E-state index in [2.05, 4.69) is 31.1 Å². The van der Waals surface area contributed by atoms with Crippen molar-refractivity contribution in [2.45, 2.75) is 58.0 Å². The summed E-state index contributed by atoms with van der Waals surface area (Å²) in [4.78, 5) is 14.9. The van der Waals surface area contributed by atoms with Gasteiger partial charge in [-0.1, -0.05) is 13.8 Å². The highest BCUT2D eigenvalue weighted by Crippen LogP contribution is 2.33. The molecule has 0 saturated heterocycles. The SMILES string of the molecule is CC(C)c1c[nH]c(=O)c2c1cc(CNC1(C)CCC1)n2SF. The zero-order valence-electron chi connectivity index (χ0n) is 13.2. The predicted molar refractivity (Wildman–Crippen MR) is 89.8 cm³/mol. The van der Waals surface area contributed by atoms with Crippen molar-refractivity contribution in [2.75, 3.05) is 0 Å². The number of pyridine rings is 1. The lowest BCUT2D eigenvalue weighted by Gasteiger charge is -2.39. The van der Waals surface area contributed by atoms with Gasteiger partial charge in [0.25, 0.3) is 5.56 Å². The van der Waals surface area contributed by atoms with Crippen LogP contribution < -0.4 is 10.9 Å². The Morgan fingerprint density at radius 3 is 2.77 bits per heavy atom. The fourth-order valence-electron chi connectivity index (χ4n) is 3.14. The maximum Gasteiger partial charge on any atom is 0.273 e. The summed E-state index contributed by atoms with van der Waals surface area (Å²) >= 11 is 0.0990. The molecule has 0 aliphatic heterocycles. The average Bonchev–Trinajstić information content (AvgIpc) is 2.82. The number of aromatic nitrogens is 2. The minimum Gasteiger partial charge on any atom is -0.327 e.